The van der Waals surface area contributed by atoms with Crippen LogP contribution < -0.4 is 0 Å². The van der Waals surface area contributed by atoms with Crippen molar-refractivity contribution in [3.05, 3.63) is 77.0 Å². The van der Waals surface area contributed by atoms with Crippen molar-refractivity contribution < 1.29 is 22.8 Å². The molecule has 1 aliphatic heterocycles. The molecule has 1 saturated heterocycles. The van der Waals surface area contributed by atoms with Crippen LogP contribution in [0.2, 0.25) is 0 Å². The summed E-state index contributed by atoms with van der Waals surface area (Å²) in [6.07, 6.45) is -2.34. The Bertz CT molecular complexity index is 1400. The van der Waals surface area contributed by atoms with Gasteiger partial charge in [0.25, 0.3) is 0 Å². The van der Waals surface area contributed by atoms with Crippen LogP contribution in [0.5, 0.6) is 0 Å². The second-order valence-corrected chi connectivity index (χ2v) is 8.49. The Labute approximate surface area is 192 Å². The van der Waals surface area contributed by atoms with Crippen molar-refractivity contribution in [1.82, 2.24) is 19.9 Å². The van der Waals surface area contributed by atoms with E-state index in [1.54, 1.807) is 6.92 Å². The summed E-state index contributed by atoms with van der Waals surface area (Å²) in [7, 11) is 0. The van der Waals surface area contributed by atoms with Crippen molar-refractivity contribution in [1.29, 1.82) is 0 Å². The summed E-state index contributed by atoms with van der Waals surface area (Å²) in [5.41, 5.74) is 1.89. The van der Waals surface area contributed by atoms with Crippen LogP contribution in [0.4, 0.5) is 13.2 Å². The molecule has 5 rings (SSSR count). The van der Waals surface area contributed by atoms with Gasteiger partial charge in [0.1, 0.15) is 0 Å². The molecule has 4 aromatic rings. The largest absolute Gasteiger partial charge is 0.417 e. The first-order valence-electron chi connectivity index (χ1n) is 10.9. The zero-order valence-electron chi connectivity index (χ0n) is 18.2. The fourth-order valence-electron chi connectivity index (χ4n) is 4.47. The van der Waals surface area contributed by atoms with Crippen molar-refractivity contribution in [2.45, 2.75) is 25.4 Å². The molecular weight excluding hydrogens is 445 g/mol. The first-order valence-corrected chi connectivity index (χ1v) is 10.9. The van der Waals surface area contributed by atoms with Crippen LogP contribution in [0.3, 0.4) is 0 Å². The number of fused-ring (bicyclic) bond motifs is 1. The van der Waals surface area contributed by atoms with Crippen molar-refractivity contribution in [2.75, 3.05) is 13.1 Å². The molecule has 3 heterocycles. The number of likely N-dealkylation sites (tertiary alicyclic amines) is 1. The number of aromatic nitrogens is 3. The second-order valence-electron chi connectivity index (χ2n) is 8.49. The number of halogens is 3. The number of nitrogens with one attached hydrogen (secondary N) is 2. The van der Waals surface area contributed by atoms with Gasteiger partial charge >= 0.3 is 6.18 Å². The van der Waals surface area contributed by atoms with Gasteiger partial charge in [0.15, 0.2) is 11.6 Å². The number of amides is 1. The highest BCUT2D eigenvalue weighted by molar-refractivity contribution is 6.10. The van der Waals surface area contributed by atoms with Gasteiger partial charge in [0.05, 0.1) is 22.3 Å². The molecule has 0 spiro atoms. The van der Waals surface area contributed by atoms with E-state index in [2.05, 4.69) is 15.0 Å². The van der Waals surface area contributed by atoms with Crippen LogP contribution in [0.1, 0.15) is 46.3 Å². The Balaban J connectivity index is 1.41. The number of benzene rings is 2. The van der Waals surface area contributed by atoms with Crippen LogP contribution in [0, 0.1) is 0 Å². The van der Waals surface area contributed by atoms with E-state index in [1.165, 1.54) is 30.5 Å². The van der Waals surface area contributed by atoms with E-state index < -0.39 is 23.1 Å². The number of H-pyrrole nitrogens is 2. The zero-order valence-corrected chi connectivity index (χ0v) is 18.2. The number of alkyl halides is 3. The summed E-state index contributed by atoms with van der Waals surface area (Å²) in [5.74, 6) is 0.0861. The monoisotopic (exact) mass is 466 g/mol. The van der Waals surface area contributed by atoms with E-state index in [0.29, 0.717) is 18.1 Å². The van der Waals surface area contributed by atoms with Crippen LogP contribution in [0.25, 0.3) is 22.6 Å². The fraction of sp³-hybridized carbons (Fsp3) is 0.240. The average molecular weight is 466 g/mol. The highest BCUT2D eigenvalue weighted by atomic mass is 19.4. The van der Waals surface area contributed by atoms with Gasteiger partial charge in [0.2, 0.25) is 5.91 Å². The Morgan fingerprint density at radius 2 is 1.91 bits per heavy atom. The number of nitrogens with zero attached hydrogens (tertiary/aromatic N) is 2. The average Bonchev–Trinajstić information content (AvgIpc) is 3.56. The lowest BCUT2D eigenvalue weighted by Crippen LogP contribution is -2.25. The van der Waals surface area contributed by atoms with Crippen molar-refractivity contribution in [3.8, 4) is 11.5 Å². The number of rotatable bonds is 4. The van der Waals surface area contributed by atoms with Gasteiger partial charge in [-0.3, -0.25) is 9.59 Å². The molecule has 9 heteroatoms. The molecule has 174 valence electrons. The fourth-order valence-corrected chi connectivity index (χ4v) is 4.47. The van der Waals surface area contributed by atoms with Crippen LogP contribution >= 0.6 is 0 Å². The summed E-state index contributed by atoms with van der Waals surface area (Å²) >= 11 is 0. The third-order valence-electron chi connectivity index (χ3n) is 6.29. The molecule has 0 unspecified atom stereocenters. The lowest BCUT2D eigenvalue weighted by atomic mass is 9.98. The third kappa shape index (κ3) is 3.98. The van der Waals surface area contributed by atoms with E-state index in [9.17, 15) is 22.8 Å². The van der Waals surface area contributed by atoms with Gasteiger partial charge in [-0.15, -0.1) is 0 Å². The Morgan fingerprint density at radius 3 is 2.65 bits per heavy atom. The maximum atomic E-state index is 13.3. The summed E-state index contributed by atoms with van der Waals surface area (Å²) in [4.78, 5) is 37.0. The lowest BCUT2D eigenvalue weighted by molar-refractivity contribution is -0.137. The van der Waals surface area contributed by atoms with Gasteiger partial charge in [-0.2, -0.15) is 13.2 Å². The van der Waals surface area contributed by atoms with Gasteiger partial charge in [-0.1, -0.05) is 24.3 Å². The van der Waals surface area contributed by atoms with E-state index in [4.69, 9.17) is 0 Å². The molecule has 2 N–H and O–H groups in total. The molecule has 0 saturated carbocycles. The topological polar surface area (TPSA) is 81.8 Å². The molecule has 2 aromatic heterocycles. The number of hydrogen-bond acceptors (Lipinski definition) is 3. The number of carbonyl (C=O) groups is 2. The highest BCUT2D eigenvalue weighted by Gasteiger charge is 2.35. The lowest BCUT2D eigenvalue weighted by Gasteiger charge is -2.14. The van der Waals surface area contributed by atoms with Gasteiger partial charge in [0, 0.05) is 43.3 Å². The zero-order chi connectivity index (χ0) is 24.0. The summed E-state index contributed by atoms with van der Waals surface area (Å²) in [5, 5.41) is 0. The molecule has 1 aliphatic rings. The maximum Gasteiger partial charge on any atom is 0.417 e. The second kappa shape index (κ2) is 8.16. The SMILES string of the molecule is CC(=O)N1CC[C@@H](c2ccc3nc(-c4cc(C(=O)c5ccccc5C(F)(F)F)c[nH]4)[nH]c3c2)C1. The number of carbonyl (C=O) groups excluding carboxylic acids is 2. The number of hydrogen-bond donors (Lipinski definition) is 2. The van der Waals surface area contributed by atoms with Crippen LogP contribution in [0.15, 0.2) is 54.7 Å². The molecule has 34 heavy (non-hydrogen) atoms. The maximum absolute atomic E-state index is 13.3. The highest BCUT2D eigenvalue weighted by Crippen LogP contribution is 2.34. The first-order chi connectivity index (χ1) is 16.2. The van der Waals surface area contributed by atoms with E-state index in [-0.39, 0.29) is 17.4 Å². The van der Waals surface area contributed by atoms with Crippen molar-refractivity contribution in [2.24, 2.45) is 0 Å². The van der Waals surface area contributed by atoms with E-state index >= 15 is 0 Å². The molecule has 1 amide bonds. The minimum atomic E-state index is -4.62. The van der Waals surface area contributed by atoms with E-state index in [1.807, 2.05) is 23.1 Å². The Morgan fingerprint density at radius 1 is 1.12 bits per heavy atom. The molecule has 0 radical (unpaired) electrons. The molecule has 1 atom stereocenters. The molecular formula is C25H21F3N4O2. The summed E-state index contributed by atoms with van der Waals surface area (Å²) in [6, 6.07) is 12.1. The number of imidazole rings is 1. The molecule has 1 fully saturated rings. The first kappa shape index (κ1) is 21.9. The molecule has 0 aliphatic carbocycles. The van der Waals surface area contributed by atoms with Crippen molar-refractivity contribution in [3.63, 3.8) is 0 Å². The smallest absolute Gasteiger partial charge is 0.358 e. The predicted octanol–water partition coefficient (Wildman–Crippen LogP) is 5.14. The van der Waals surface area contributed by atoms with Crippen LogP contribution in [-0.4, -0.2) is 44.6 Å². The minimum absolute atomic E-state index is 0.0716. The Kier molecular flexibility index (Phi) is 5.27. The minimum Gasteiger partial charge on any atom is -0.358 e. The number of ketones is 1. The predicted molar refractivity (Wildman–Crippen MR) is 120 cm³/mol. The van der Waals surface area contributed by atoms with Gasteiger partial charge < -0.3 is 14.9 Å². The molecule has 2 aromatic carbocycles. The van der Waals surface area contributed by atoms with Gasteiger partial charge in [-0.25, -0.2) is 4.98 Å². The van der Waals surface area contributed by atoms with Gasteiger partial charge in [-0.05, 0) is 36.2 Å². The summed E-state index contributed by atoms with van der Waals surface area (Å²) in [6.45, 7) is 3.00. The third-order valence-corrected chi connectivity index (χ3v) is 6.29. The standard InChI is InChI=1S/C25H21F3N4O2/c1-14(33)32-9-8-16(13-32)15-6-7-20-21(10-15)31-24(30-20)22-11-17(12-29-22)23(34)18-4-2-3-5-19(18)25(26,27)28/h2-7,10-12,16,29H,8-9,13H2,1H3,(H,30,31)/t16-/m1/s1. The van der Waals surface area contributed by atoms with E-state index in [0.717, 1.165) is 35.6 Å². The molecule has 6 nitrogen and oxygen atoms in total. The quantitative estimate of drug-likeness (QED) is 0.409. The van der Waals surface area contributed by atoms with Crippen LogP contribution in [-0.2, 0) is 11.0 Å². The molecule has 0 bridgehead atoms. The normalized spacial score (nSPS) is 16.4. The van der Waals surface area contributed by atoms with Crippen molar-refractivity contribution >= 4 is 22.7 Å². The summed E-state index contributed by atoms with van der Waals surface area (Å²) < 4.78 is 40.0. The Hall–Kier alpha value is -3.88. The number of aromatic amines is 2.